The molecule has 0 saturated carbocycles. The van der Waals surface area contributed by atoms with Crippen LogP contribution < -0.4 is 5.32 Å². The van der Waals surface area contributed by atoms with E-state index < -0.39 is 6.09 Å². The fourth-order valence-corrected chi connectivity index (χ4v) is 2.74. The largest absolute Gasteiger partial charge is 0.465 e. The molecule has 2 atom stereocenters. The summed E-state index contributed by atoms with van der Waals surface area (Å²) in [5, 5.41) is 13.3. The van der Waals surface area contributed by atoms with Gasteiger partial charge < -0.3 is 20.1 Å². The first-order valence-electron chi connectivity index (χ1n) is 6.70. The molecule has 0 spiro atoms. The molecule has 0 unspecified atom stereocenters. The van der Waals surface area contributed by atoms with E-state index in [-0.39, 0.29) is 24.4 Å². The molecule has 22 heavy (non-hydrogen) atoms. The van der Waals surface area contributed by atoms with Gasteiger partial charge in [-0.15, -0.1) is 12.4 Å². The van der Waals surface area contributed by atoms with E-state index >= 15 is 0 Å². The second-order valence-corrected chi connectivity index (χ2v) is 5.91. The van der Waals surface area contributed by atoms with E-state index in [9.17, 15) is 4.79 Å². The Labute approximate surface area is 145 Å². The van der Waals surface area contributed by atoms with Crippen LogP contribution in [0.3, 0.4) is 0 Å². The molecule has 2 rings (SSSR count). The number of rotatable bonds is 3. The molecule has 1 fully saturated rings. The quantitative estimate of drug-likeness (QED) is 0.858. The van der Waals surface area contributed by atoms with Crippen LogP contribution in [0.2, 0.25) is 10.0 Å². The number of benzene rings is 1. The van der Waals surface area contributed by atoms with Gasteiger partial charge in [-0.2, -0.15) is 0 Å². The Hall–Kier alpha value is -0.720. The predicted molar refractivity (Wildman–Crippen MR) is 89.4 cm³/mol. The Kier molecular flexibility index (Phi) is 7.72. The van der Waals surface area contributed by atoms with Gasteiger partial charge in [0.25, 0.3) is 0 Å². The fourth-order valence-electron chi connectivity index (χ4n) is 2.44. The molecule has 1 aliphatic heterocycles. The summed E-state index contributed by atoms with van der Waals surface area (Å²) in [6.45, 7) is 2.37. The number of amides is 1. The second kappa shape index (κ2) is 8.79. The number of ether oxygens (including phenoxy) is 1. The van der Waals surface area contributed by atoms with Gasteiger partial charge in [0.2, 0.25) is 0 Å². The Bertz CT molecular complexity index is 516. The molecular weight excluding hydrogens is 351 g/mol. The van der Waals surface area contributed by atoms with Crippen LogP contribution in [-0.2, 0) is 4.74 Å². The molecule has 1 aromatic carbocycles. The van der Waals surface area contributed by atoms with E-state index in [1.54, 1.807) is 19.2 Å². The van der Waals surface area contributed by atoms with Crippen LogP contribution in [0.1, 0.15) is 11.7 Å². The minimum atomic E-state index is -0.952. The maximum atomic E-state index is 11.0. The van der Waals surface area contributed by atoms with Gasteiger partial charge in [0.15, 0.2) is 0 Å². The number of hydrogen-bond donors (Lipinski definition) is 2. The van der Waals surface area contributed by atoms with Gasteiger partial charge in [0.1, 0.15) is 0 Å². The minimum absolute atomic E-state index is 0. The van der Waals surface area contributed by atoms with Crippen molar-refractivity contribution in [2.45, 2.75) is 6.10 Å². The molecule has 1 heterocycles. The number of nitrogens with zero attached hydrogens (tertiary/aromatic N) is 1. The molecule has 2 N–H and O–H groups in total. The van der Waals surface area contributed by atoms with Crippen molar-refractivity contribution in [1.29, 1.82) is 0 Å². The van der Waals surface area contributed by atoms with E-state index in [2.05, 4.69) is 5.32 Å². The van der Waals surface area contributed by atoms with E-state index in [4.69, 9.17) is 33.0 Å². The highest BCUT2D eigenvalue weighted by atomic mass is 35.5. The van der Waals surface area contributed by atoms with Crippen LogP contribution in [0.5, 0.6) is 0 Å². The molecule has 0 aromatic heterocycles. The predicted octanol–water partition coefficient (Wildman–Crippen LogP) is 3.30. The maximum absolute atomic E-state index is 11.0. The third kappa shape index (κ3) is 4.89. The molecule has 1 amide bonds. The summed E-state index contributed by atoms with van der Waals surface area (Å²) in [7, 11) is 1.55. The van der Waals surface area contributed by atoms with Crippen LogP contribution in [0.15, 0.2) is 18.2 Å². The summed E-state index contributed by atoms with van der Waals surface area (Å²) in [6.07, 6.45) is -1.16. The Morgan fingerprint density at radius 3 is 2.82 bits per heavy atom. The molecule has 124 valence electrons. The highest BCUT2D eigenvalue weighted by molar-refractivity contribution is 6.42. The van der Waals surface area contributed by atoms with Gasteiger partial charge in [0, 0.05) is 32.6 Å². The minimum Gasteiger partial charge on any atom is -0.465 e. The average molecular weight is 370 g/mol. The smallest absolute Gasteiger partial charge is 0.407 e. The zero-order valence-corrected chi connectivity index (χ0v) is 14.4. The van der Waals surface area contributed by atoms with Crippen molar-refractivity contribution in [3.05, 3.63) is 33.8 Å². The van der Waals surface area contributed by atoms with Gasteiger partial charge in [-0.25, -0.2) is 4.79 Å². The van der Waals surface area contributed by atoms with Crippen LogP contribution in [0.4, 0.5) is 4.79 Å². The molecule has 1 aliphatic rings. The number of carboxylic acid groups (broad SMARTS) is 1. The highest BCUT2D eigenvalue weighted by Gasteiger charge is 2.28. The number of halogens is 3. The van der Waals surface area contributed by atoms with Gasteiger partial charge in [-0.05, 0) is 17.7 Å². The monoisotopic (exact) mass is 368 g/mol. The van der Waals surface area contributed by atoms with Crippen molar-refractivity contribution in [1.82, 2.24) is 10.2 Å². The molecule has 1 saturated heterocycles. The van der Waals surface area contributed by atoms with Gasteiger partial charge in [0.05, 0.1) is 22.8 Å². The van der Waals surface area contributed by atoms with Crippen LogP contribution >= 0.6 is 35.6 Å². The summed E-state index contributed by atoms with van der Waals surface area (Å²) in [4.78, 5) is 12.3. The van der Waals surface area contributed by atoms with Crippen molar-refractivity contribution >= 4 is 41.7 Å². The van der Waals surface area contributed by atoms with E-state index in [1.807, 2.05) is 6.07 Å². The normalized spacial score (nSPS) is 21.6. The zero-order valence-electron chi connectivity index (χ0n) is 12.1. The third-order valence-corrected chi connectivity index (χ3v) is 4.26. The first-order valence-corrected chi connectivity index (χ1v) is 7.46. The van der Waals surface area contributed by atoms with E-state index in [1.165, 1.54) is 4.90 Å². The lowest BCUT2D eigenvalue weighted by Gasteiger charge is -2.28. The number of nitrogens with one attached hydrogen (secondary N) is 1. The zero-order chi connectivity index (χ0) is 15.4. The van der Waals surface area contributed by atoms with Crippen LogP contribution in [-0.4, -0.2) is 49.4 Å². The Morgan fingerprint density at radius 1 is 1.45 bits per heavy atom. The molecule has 0 radical (unpaired) electrons. The van der Waals surface area contributed by atoms with Crippen molar-refractivity contribution in [3.8, 4) is 0 Å². The molecule has 0 aliphatic carbocycles. The second-order valence-electron chi connectivity index (χ2n) is 5.09. The summed E-state index contributed by atoms with van der Waals surface area (Å²) in [5.41, 5.74) is 0.914. The lowest BCUT2D eigenvalue weighted by atomic mass is 9.95. The summed E-state index contributed by atoms with van der Waals surface area (Å²) in [5.74, 6) is 0.00541. The SMILES string of the molecule is CN(C[C@@H]1CNCCO[C@H]1c1ccc(Cl)c(Cl)c1)C(=O)O.Cl. The number of carbonyl (C=O) groups is 1. The van der Waals surface area contributed by atoms with Gasteiger partial charge in [-0.3, -0.25) is 0 Å². The van der Waals surface area contributed by atoms with Crippen molar-refractivity contribution in [2.75, 3.05) is 33.3 Å². The summed E-state index contributed by atoms with van der Waals surface area (Å²) < 4.78 is 5.89. The van der Waals surface area contributed by atoms with Crippen molar-refractivity contribution in [3.63, 3.8) is 0 Å². The molecule has 8 heteroatoms. The van der Waals surface area contributed by atoms with Gasteiger partial charge >= 0.3 is 6.09 Å². The first-order chi connectivity index (χ1) is 9.99. The van der Waals surface area contributed by atoms with E-state index in [0.717, 1.165) is 12.1 Å². The molecule has 0 bridgehead atoms. The maximum Gasteiger partial charge on any atom is 0.407 e. The third-order valence-electron chi connectivity index (χ3n) is 3.52. The Morgan fingerprint density at radius 2 is 2.18 bits per heavy atom. The van der Waals surface area contributed by atoms with Crippen molar-refractivity contribution in [2.24, 2.45) is 5.92 Å². The fraction of sp³-hybridized carbons (Fsp3) is 0.500. The lowest BCUT2D eigenvalue weighted by molar-refractivity contribution is 0.0217. The Balaban J connectivity index is 0.00000242. The summed E-state index contributed by atoms with van der Waals surface area (Å²) in [6, 6.07) is 5.39. The lowest BCUT2D eigenvalue weighted by Crippen LogP contribution is -2.37. The standard InChI is InChI=1S/C14H18Cl2N2O3.ClH/c1-18(14(19)20)8-10-7-17-4-5-21-13(10)9-2-3-11(15)12(16)6-9;/h2-3,6,10,13,17H,4-5,7-8H2,1H3,(H,19,20);1H/t10-,13-;/m0./s1. The summed E-state index contributed by atoms with van der Waals surface area (Å²) >= 11 is 12.0. The van der Waals surface area contributed by atoms with Gasteiger partial charge in [-0.1, -0.05) is 29.3 Å². The molecule has 5 nitrogen and oxygen atoms in total. The molecular formula is C14H19Cl3N2O3. The van der Waals surface area contributed by atoms with Crippen LogP contribution in [0.25, 0.3) is 0 Å². The first kappa shape index (κ1) is 19.3. The van der Waals surface area contributed by atoms with Crippen molar-refractivity contribution < 1.29 is 14.6 Å². The van der Waals surface area contributed by atoms with Crippen LogP contribution in [0, 0.1) is 5.92 Å². The average Bonchev–Trinajstić information content (AvgIpc) is 2.67. The highest BCUT2D eigenvalue weighted by Crippen LogP contribution is 2.32. The topological polar surface area (TPSA) is 61.8 Å². The number of hydrogen-bond acceptors (Lipinski definition) is 3. The molecule has 1 aromatic rings. The van der Waals surface area contributed by atoms with E-state index in [0.29, 0.717) is 29.7 Å².